The minimum Gasteiger partial charge on any atom is -0.444 e. The van der Waals surface area contributed by atoms with Crippen LogP contribution in [-0.2, 0) is 9.47 Å². The molecule has 1 rings (SSSR count). The zero-order valence-electron chi connectivity index (χ0n) is 13.5. The molecule has 0 aromatic carbocycles. The third kappa shape index (κ3) is 4.51. The lowest BCUT2D eigenvalue weighted by molar-refractivity contribution is -0.123. The van der Waals surface area contributed by atoms with Crippen LogP contribution in [0.15, 0.2) is 12.7 Å². The molecule has 116 valence electrons. The number of piperidine rings is 1. The molecule has 1 saturated heterocycles. The van der Waals surface area contributed by atoms with E-state index >= 15 is 0 Å². The molecule has 4 heteroatoms. The zero-order chi connectivity index (χ0) is 15.3. The van der Waals surface area contributed by atoms with Gasteiger partial charge in [0.05, 0.1) is 0 Å². The molecular formula is C16H29NO3. The number of amides is 1. The van der Waals surface area contributed by atoms with Crippen LogP contribution in [0.5, 0.6) is 0 Å². The molecule has 0 bridgehead atoms. The quantitative estimate of drug-likeness (QED) is 0.733. The van der Waals surface area contributed by atoms with E-state index in [0.717, 1.165) is 19.3 Å². The van der Waals surface area contributed by atoms with Crippen LogP contribution in [0.4, 0.5) is 4.79 Å². The van der Waals surface area contributed by atoms with Crippen LogP contribution in [0.2, 0.25) is 0 Å². The van der Waals surface area contributed by atoms with Gasteiger partial charge in [0.1, 0.15) is 11.8 Å². The third-order valence-corrected chi connectivity index (χ3v) is 3.52. The van der Waals surface area contributed by atoms with E-state index in [-0.39, 0.29) is 18.4 Å². The molecule has 0 aliphatic carbocycles. The van der Waals surface area contributed by atoms with Gasteiger partial charge in [-0.05, 0) is 53.9 Å². The molecule has 1 fully saturated rings. The Morgan fingerprint density at radius 2 is 2.05 bits per heavy atom. The van der Waals surface area contributed by atoms with Crippen LogP contribution in [0.1, 0.15) is 53.9 Å². The van der Waals surface area contributed by atoms with Gasteiger partial charge >= 0.3 is 6.09 Å². The van der Waals surface area contributed by atoms with E-state index in [4.69, 9.17) is 9.47 Å². The van der Waals surface area contributed by atoms with Gasteiger partial charge in [0.15, 0.2) is 0 Å². The fourth-order valence-electron chi connectivity index (χ4n) is 2.65. The molecule has 0 saturated carbocycles. The predicted octanol–water partition coefficient (Wildman–Crippen LogP) is 3.96. The molecule has 1 aliphatic rings. The van der Waals surface area contributed by atoms with Gasteiger partial charge in [-0.2, -0.15) is 0 Å². The molecule has 0 N–H and O–H groups in total. The Morgan fingerprint density at radius 1 is 1.40 bits per heavy atom. The molecule has 4 nitrogen and oxygen atoms in total. The first-order valence-corrected chi connectivity index (χ1v) is 7.54. The fourth-order valence-corrected chi connectivity index (χ4v) is 2.65. The van der Waals surface area contributed by atoms with E-state index in [1.807, 2.05) is 33.8 Å². The van der Waals surface area contributed by atoms with Crippen LogP contribution in [0, 0.1) is 5.92 Å². The largest absolute Gasteiger partial charge is 0.444 e. The number of carbonyl (C=O) groups excluding carboxylic acids is 1. The van der Waals surface area contributed by atoms with Crippen LogP contribution in [0.3, 0.4) is 0 Å². The molecule has 0 aromatic heterocycles. The Balaban J connectivity index is 2.90. The van der Waals surface area contributed by atoms with Crippen molar-refractivity contribution in [1.82, 2.24) is 4.90 Å². The molecule has 0 spiro atoms. The van der Waals surface area contributed by atoms with Crippen LogP contribution >= 0.6 is 0 Å². The van der Waals surface area contributed by atoms with Crippen LogP contribution in [0.25, 0.3) is 0 Å². The number of nitrogens with zero attached hydrogens (tertiary/aromatic N) is 1. The first-order chi connectivity index (χ1) is 9.30. The monoisotopic (exact) mass is 283 g/mol. The second-order valence-electron chi connectivity index (χ2n) is 6.44. The number of rotatable bonds is 4. The van der Waals surface area contributed by atoms with Crippen LogP contribution in [-0.4, -0.2) is 35.5 Å². The number of hydrogen-bond donors (Lipinski definition) is 0. The smallest absolute Gasteiger partial charge is 0.412 e. The summed E-state index contributed by atoms with van der Waals surface area (Å²) in [5.41, 5.74) is -0.487. The molecule has 0 radical (unpaired) electrons. The average Bonchev–Trinajstić information content (AvgIpc) is 2.31. The summed E-state index contributed by atoms with van der Waals surface area (Å²) >= 11 is 0. The standard InChI is InChI=1S/C16H29NO3/c1-7-9-13-11-10-12(3)17(14(13)19-8-2)15(18)20-16(4,5)6/h7,12-14H,1,8-11H2,2-6H3/t12-,13-,14?/m1/s1. The highest BCUT2D eigenvalue weighted by molar-refractivity contribution is 5.69. The highest BCUT2D eigenvalue weighted by Crippen LogP contribution is 2.32. The first kappa shape index (κ1) is 17.0. The van der Waals surface area contributed by atoms with E-state index in [0.29, 0.717) is 12.5 Å². The molecule has 1 heterocycles. The van der Waals surface area contributed by atoms with Crippen molar-refractivity contribution >= 4 is 6.09 Å². The van der Waals surface area contributed by atoms with E-state index in [1.54, 1.807) is 4.90 Å². The van der Waals surface area contributed by atoms with Gasteiger partial charge in [-0.15, -0.1) is 6.58 Å². The van der Waals surface area contributed by atoms with Crippen molar-refractivity contribution in [3.8, 4) is 0 Å². The lowest BCUT2D eigenvalue weighted by Gasteiger charge is -2.44. The van der Waals surface area contributed by atoms with Crippen molar-refractivity contribution in [3.05, 3.63) is 12.7 Å². The summed E-state index contributed by atoms with van der Waals surface area (Å²) in [4.78, 5) is 14.2. The number of ether oxygens (including phenoxy) is 2. The molecule has 20 heavy (non-hydrogen) atoms. The van der Waals surface area contributed by atoms with E-state index in [9.17, 15) is 4.79 Å². The second kappa shape index (κ2) is 7.11. The number of carbonyl (C=O) groups is 1. The number of allylic oxidation sites excluding steroid dienone is 1. The average molecular weight is 283 g/mol. The van der Waals surface area contributed by atoms with Gasteiger partial charge in [-0.1, -0.05) is 6.08 Å². The first-order valence-electron chi connectivity index (χ1n) is 7.54. The summed E-state index contributed by atoms with van der Waals surface area (Å²) in [7, 11) is 0. The van der Waals surface area contributed by atoms with Gasteiger partial charge in [-0.25, -0.2) is 4.79 Å². The Morgan fingerprint density at radius 3 is 2.55 bits per heavy atom. The summed E-state index contributed by atoms with van der Waals surface area (Å²) in [6.07, 6.45) is 4.29. The maximum Gasteiger partial charge on any atom is 0.412 e. The summed E-state index contributed by atoms with van der Waals surface area (Å²) in [5, 5.41) is 0. The maximum atomic E-state index is 12.5. The number of likely N-dealkylation sites (tertiary alicyclic amines) is 1. The lowest BCUT2D eigenvalue weighted by atomic mass is 9.89. The summed E-state index contributed by atoms with van der Waals surface area (Å²) in [6.45, 7) is 14.1. The van der Waals surface area contributed by atoms with Crippen molar-refractivity contribution in [2.45, 2.75) is 71.8 Å². The third-order valence-electron chi connectivity index (χ3n) is 3.52. The van der Waals surface area contributed by atoms with Crippen molar-refractivity contribution in [1.29, 1.82) is 0 Å². The Kier molecular flexibility index (Phi) is 6.06. The normalized spacial score (nSPS) is 27.2. The topological polar surface area (TPSA) is 38.8 Å². The van der Waals surface area contributed by atoms with E-state index in [1.165, 1.54) is 0 Å². The van der Waals surface area contributed by atoms with Gasteiger partial charge < -0.3 is 9.47 Å². The van der Waals surface area contributed by atoms with E-state index < -0.39 is 5.60 Å². The second-order valence-corrected chi connectivity index (χ2v) is 6.44. The van der Waals surface area contributed by atoms with Crippen LogP contribution < -0.4 is 0 Å². The van der Waals surface area contributed by atoms with Crippen molar-refractivity contribution in [2.75, 3.05) is 6.61 Å². The van der Waals surface area contributed by atoms with Gasteiger partial charge in [-0.3, -0.25) is 4.90 Å². The molecule has 1 aliphatic heterocycles. The highest BCUT2D eigenvalue weighted by atomic mass is 16.6. The molecule has 1 amide bonds. The van der Waals surface area contributed by atoms with Crippen molar-refractivity contribution in [3.63, 3.8) is 0 Å². The van der Waals surface area contributed by atoms with E-state index in [2.05, 4.69) is 13.5 Å². The number of hydrogen-bond acceptors (Lipinski definition) is 3. The Bertz CT molecular complexity index is 335. The highest BCUT2D eigenvalue weighted by Gasteiger charge is 2.40. The summed E-state index contributed by atoms with van der Waals surface area (Å²) in [5.74, 6) is 0.302. The molecular weight excluding hydrogens is 254 g/mol. The Labute approximate surface area is 123 Å². The summed E-state index contributed by atoms with van der Waals surface area (Å²) in [6, 6.07) is 0.141. The maximum absolute atomic E-state index is 12.5. The lowest BCUT2D eigenvalue weighted by Crippen LogP contribution is -2.55. The van der Waals surface area contributed by atoms with Crippen molar-refractivity contribution in [2.24, 2.45) is 5.92 Å². The SMILES string of the molecule is C=CC[C@@H]1CC[C@@H](C)N(C(=O)OC(C)(C)C)C1OCC. The van der Waals surface area contributed by atoms with Gasteiger partial charge in [0.25, 0.3) is 0 Å². The molecule has 3 atom stereocenters. The minimum absolute atomic E-state index is 0.141. The predicted molar refractivity (Wildman–Crippen MR) is 80.5 cm³/mol. The van der Waals surface area contributed by atoms with Gasteiger partial charge in [0, 0.05) is 18.6 Å². The zero-order valence-corrected chi connectivity index (χ0v) is 13.5. The summed E-state index contributed by atoms with van der Waals surface area (Å²) < 4.78 is 11.4. The molecule has 0 aromatic rings. The molecule has 1 unspecified atom stereocenters. The van der Waals surface area contributed by atoms with Crippen molar-refractivity contribution < 1.29 is 14.3 Å². The Hall–Kier alpha value is -1.03. The van der Waals surface area contributed by atoms with Gasteiger partial charge in [0.2, 0.25) is 0 Å². The fraction of sp³-hybridized carbons (Fsp3) is 0.812. The minimum atomic E-state index is -0.487.